The Labute approximate surface area is 126 Å². The Morgan fingerprint density at radius 1 is 1.15 bits per heavy atom. The summed E-state index contributed by atoms with van der Waals surface area (Å²) in [6, 6.07) is 11.8. The van der Waals surface area contributed by atoms with Gasteiger partial charge in [-0.3, -0.25) is 4.79 Å². The molecule has 2 rings (SSSR count). The van der Waals surface area contributed by atoms with Crippen LogP contribution in [0.1, 0.15) is 15.9 Å². The van der Waals surface area contributed by atoms with Crippen LogP contribution in [0.25, 0.3) is 0 Å². The normalized spacial score (nSPS) is 10.7. The van der Waals surface area contributed by atoms with Gasteiger partial charge in [0.2, 0.25) is 0 Å². The highest BCUT2D eigenvalue weighted by Gasteiger charge is 2.06. The first-order chi connectivity index (χ1) is 9.58. The van der Waals surface area contributed by atoms with Crippen molar-refractivity contribution in [1.29, 1.82) is 0 Å². The van der Waals surface area contributed by atoms with Gasteiger partial charge < -0.3 is 5.73 Å². The third-order valence-corrected chi connectivity index (χ3v) is 3.27. The van der Waals surface area contributed by atoms with Crippen LogP contribution in [0.15, 0.2) is 47.6 Å². The summed E-state index contributed by atoms with van der Waals surface area (Å²) in [7, 11) is 0. The van der Waals surface area contributed by atoms with Gasteiger partial charge in [0.25, 0.3) is 5.91 Å². The van der Waals surface area contributed by atoms with E-state index in [0.717, 1.165) is 5.56 Å². The molecule has 0 saturated carbocycles. The number of halogens is 2. The van der Waals surface area contributed by atoms with E-state index in [2.05, 4.69) is 10.5 Å². The van der Waals surface area contributed by atoms with E-state index in [1.165, 1.54) is 6.21 Å². The van der Waals surface area contributed by atoms with Crippen LogP contribution in [0.3, 0.4) is 0 Å². The number of rotatable bonds is 3. The second-order valence-electron chi connectivity index (χ2n) is 3.96. The maximum Gasteiger partial charge on any atom is 0.273 e. The van der Waals surface area contributed by atoms with Crippen LogP contribution in [0, 0.1) is 0 Å². The fraction of sp³-hybridized carbons (Fsp3) is 0. The van der Waals surface area contributed by atoms with Crippen LogP contribution < -0.4 is 11.2 Å². The average Bonchev–Trinajstić information content (AvgIpc) is 2.43. The largest absolute Gasteiger partial charge is 0.398 e. The first-order valence-electron chi connectivity index (χ1n) is 5.71. The first kappa shape index (κ1) is 14.4. The number of carbonyl (C=O) groups is 1. The van der Waals surface area contributed by atoms with Crippen LogP contribution in [0.2, 0.25) is 10.0 Å². The van der Waals surface area contributed by atoms with E-state index >= 15 is 0 Å². The number of nitrogens with one attached hydrogen (secondary N) is 1. The van der Waals surface area contributed by atoms with Crippen LogP contribution >= 0.6 is 23.2 Å². The van der Waals surface area contributed by atoms with E-state index in [1.54, 1.807) is 42.5 Å². The number of carbonyl (C=O) groups excluding carboxylic acids is 1. The lowest BCUT2D eigenvalue weighted by Gasteiger charge is -2.03. The molecule has 0 aromatic heterocycles. The number of para-hydroxylation sites is 1. The Kier molecular flexibility index (Phi) is 4.61. The van der Waals surface area contributed by atoms with Gasteiger partial charge in [0.1, 0.15) is 0 Å². The molecule has 0 atom stereocenters. The Morgan fingerprint density at radius 2 is 1.90 bits per heavy atom. The van der Waals surface area contributed by atoms with Gasteiger partial charge in [-0.15, -0.1) is 0 Å². The van der Waals surface area contributed by atoms with Crippen molar-refractivity contribution in [3.05, 3.63) is 63.6 Å². The average molecular weight is 308 g/mol. The highest BCUT2D eigenvalue weighted by atomic mass is 35.5. The molecule has 0 spiro atoms. The molecule has 6 heteroatoms. The molecule has 0 heterocycles. The summed E-state index contributed by atoms with van der Waals surface area (Å²) in [6.07, 6.45) is 1.47. The molecular formula is C14H11Cl2N3O. The number of hydrazone groups is 1. The van der Waals surface area contributed by atoms with Gasteiger partial charge in [-0.25, -0.2) is 5.43 Å². The van der Waals surface area contributed by atoms with E-state index in [4.69, 9.17) is 28.9 Å². The fourth-order valence-corrected chi connectivity index (χ4v) is 1.83. The van der Waals surface area contributed by atoms with Crippen LogP contribution in [0.5, 0.6) is 0 Å². The van der Waals surface area contributed by atoms with E-state index < -0.39 is 0 Å². The van der Waals surface area contributed by atoms with Gasteiger partial charge in [0, 0.05) is 5.69 Å². The highest BCUT2D eigenvalue weighted by Crippen LogP contribution is 2.21. The summed E-state index contributed by atoms with van der Waals surface area (Å²) in [5.74, 6) is -0.376. The minimum Gasteiger partial charge on any atom is -0.398 e. The molecule has 0 aliphatic rings. The highest BCUT2D eigenvalue weighted by molar-refractivity contribution is 6.42. The second kappa shape index (κ2) is 6.41. The minimum atomic E-state index is -0.376. The molecule has 0 unspecified atom stereocenters. The monoisotopic (exact) mass is 307 g/mol. The Bertz CT molecular complexity index is 671. The topological polar surface area (TPSA) is 67.5 Å². The lowest BCUT2D eigenvalue weighted by molar-refractivity contribution is 0.0956. The van der Waals surface area contributed by atoms with Gasteiger partial charge in [0.05, 0.1) is 21.8 Å². The van der Waals surface area contributed by atoms with Gasteiger partial charge in [0.15, 0.2) is 0 Å². The third kappa shape index (κ3) is 3.50. The molecule has 0 bridgehead atoms. The molecule has 0 radical (unpaired) electrons. The third-order valence-electron chi connectivity index (χ3n) is 2.53. The minimum absolute atomic E-state index is 0.374. The number of hydrogen-bond acceptors (Lipinski definition) is 3. The second-order valence-corrected chi connectivity index (χ2v) is 4.77. The van der Waals surface area contributed by atoms with Crippen molar-refractivity contribution < 1.29 is 4.79 Å². The fourth-order valence-electron chi connectivity index (χ4n) is 1.52. The van der Waals surface area contributed by atoms with Gasteiger partial charge in [-0.1, -0.05) is 41.4 Å². The zero-order chi connectivity index (χ0) is 14.5. The molecule has 2 aromatic carbocycles. The molecule has 0 aliphatic heterocycles. The summed E-state index contributed by atoms with van der Waals surface area (Å²) < 4.78 is 0. The van der Waals surface area contributed by atoms with E-state index in [-0.39, 0.29) is 5.91 Å². The molecule has 2 aromatic rings. The molecule has 3 N–H and O–H groups in total. The van der Waals surface area contributed by atoms with Crippen LogP contribution in [0.4, 0.5) is 5.69 Å². The van der Waals surface area contributed by atoms with E-state index in [0.29, 0.717) is 21.3 Å². The van der Waals surface area contributed by atoms with Gasteiger partial charge >= 0.3 is 0 Å². The number of amides is 1. The number of nitrogens with zero attached hydrogens (tertiary/aromatic N) is 1. The number of anilines is 1. The van der Waals surface area contributed by atoms with Crippen LogP contribution in [-0.4, -0.2) is 12.1 Å². The summed E-state index contributed by atoms with van der Waals surface area (Å²) >= 11 is 11.7. The SMILES string of the molecule is Nc1ccccc1C(=O)NN=Cc1ccc(Cl)c(Cl)c1. The number of benzene rings is 2. The predicted octanol–water partition coefficient (Wildman–Crippen LogP) is 3.34. The lowest BCUT2D eigenvalue weighted by Crippen LogP contribution is -2.18. The van der Waals surface area contributed by atoms with Crippen molar-refractivity contribution >= 4 is 41.0 Å². The van der Waals surface area contributed by atoms with Crippen molar-refractivity contribution in [2.45, 2.75) is 0 Å². The Hall–Kier alpha value is -2.04. The Morgan fingerprint density at radius 3 is 2.60 bits per heavy atom. The molecule has 0 aliphatic carbocycles. The van der Waals surface area contributed by atoms with Crippen molar-refractivity contribution in [1.82, 2.24) is 5.43 Å². The standard InChI is InChI=1S/C14H11Cl2N3O/c15-11-6-5-9(7-12(11)16)8-18-19-14(20)10-3-1-2-4-13(10)17/h1-8H,17H2,(H,19,20). The summed E-state index contributed by atoms with van der Waals surface area (Å²) in [5, 5.41) is 4.74. The maximum absolute atomic E-state index is 11.8. The summed E-state index contributed by atoms with van der Waals surface area (Å²) in [6.45, 7) is 0. The molecular weight excluding hydrogens is 297 g/mol. The quantitative estimate of drug-likeness (QED) is 0.519. The van der Waals surface area contributed by atoms with Crippen molar-refractivity contribution in [3.8, 4) is 0 Å². The number of nitrogens with two attached hydrogens (primary N) is 1. The van der Waals surface area contributed by atoms with Crippen LogP contribution in [-0.2, 0) is 0 Å². The smallest absolute Gasteiger partial charge is 0.273 e. The molecule has 20 heavy (non-hydrogen) atoms. The van der Waals surface area contributed by atoms with E-state index in [1.807, 2.05) is 0 Å². The molecule has 0 saturated heterocycles. The Balaban J connectivity index is 2.05. The first-order valence-corrected chi connectivity index (χ1v) is 6.46. The van der Waals surface area contributed by atoms with Crippen molar-refractivity contribution in [2.75, 3.05) is 5.73 Å². The zero-order valence-corrected chi connectivity index (χ0v) is 11.8. The van der Waals surface area contributed by atoms with Crippen molar-refractivity contribution in [2.24, 2.45) is 5.10 Å². The van der Waals surface area contributed by atoms with E-state index in [9.17, 15) is 4.79 Å². The molecule has 1 amide bonds. The van der Waals surface area contributed by atoms with Gasteiger partial charge in [-0.2, -0.15) is 5.10 Å². The van der Waals surface area contributed by atoms with Crippen molar-refractivity contribution in [3.63, 3.8) is 0 Å². The molecule has 0 fully saturated rings. The lowest BCUT2D eigenvalue weighted by atomic mass is 10.2. The molecule has 4 nitrogen and oxygen atoms in total. The summed E-state index contributed by atoms with van der Waals surface area (Å²) in [5.41, 5.74) is 9.59. The maximum atomic E-state index is 11.8. The summed E-state index contributed by atoms with van der Waals surface area (Å²) in [4.78, 5) is 11.8. The predicted molar refractivity (Wildman–Crippen MR) is 82.4 cm³/mol. The van der Waals surface area contributed by atoms with Gasteiger partial charge in [-0.05, 0) is 29.8 Å². The number of nitrogen functional groups attached to an aromatic ring is 1. The number of hydrogen-bond donors (Lipinski definition) is 2. The molecule has 102 valence electrons. The zero-order valence-electron chi connectivity index (χ0n) is 10.3.